The van der Waals surface area contributed by atoms with E-state index in [1.165, 1.54) is 31.7 Å². The first-order valence-corrected chi connectivity index (χ1v) is 6.46. The number of nitrogens with zero attached hydrogens (tertiary/aromatic N) is 2. The van der Waals surface area contributed by atoms with E-state index in [2.05, 4.69) is 15.3 Å². The summed E-state index contributed by atoms with van der Waals surface area (Å²) in [5.74, 6) is 2.03. The molecule has 1 saturated heterocycles. The summed E-state index contributed by atoms with van der Waals surface area (Å²) in [6.07, 6.45) is 6.13. The molecule has 0 radical (unpaired) electrons. The first-order valence-electron chi connectivity index (χ1n) is 5.47. The molecule has 1 fully saturated rings. The van der Waals surface area contributed by atoms with Crippen molar-refractivity contribution < 1.29 is 0 Å². The van der Waals surface area contributed by atoms with Crippen molar-refractivity contribution in [2.75, 3.05) is 18.8 Å². The monoisotopic (exact) mass is 259 g/mol. The number of hydrogen-bond donors (Lipinski definition) is 1. The number of thioether (sulfide) groups is 1. The van der Waals surface area contributed by atoms with E-state index in [9.17, 15) is 0 Å². The molecule has 0 aliphatic carbocycles. The highest BCUT2D eigenvalue weighted by atomic mass is 35.5. The minimum Gasteiger partial charge on any atom is -0.317 e. The van der Waals surface area contributed by atoms with Gasteiger partial charge < -0.3 is 5.32 Å². The number of halogens is 1. The first-order chi connectivity index (χ1) is 7.36. The van der Waals surface area contributed by atoms with Crippen molar-refractivity contribution in [1.29, 1.82) is 0 Å². The lowest BCUT2D eigenvalue weighted by molar-refractivity contribution is 0.408. The highest BCUT2D eigenvalue weighted by molar-refractivity contribution is 7.99. The number of aromatic nitrogens is 2. The van der Waals surface area contributed by atoms with Crippen LogP contribution >= 0.6 is 24.2 Å². The lowest BCUT2D eigenvalue weighted by Gasteiger charge is -2.21. The van der Waals surface area contributed by atoms with Gasteiger partial charge in [-0.1, -0.05) is 0 Å². The fourth-order valence-electron chi connectivity index (χ4n) is 1.78. The van der Waals surface area contributed by atoms with Gasteiger partial charge in [0.2, 0.25) is 0 Å². The van der Waals surface area contributed by atoms with Gasteiger partial charge in [0.1, 0.15) is 5.03 Å². The molecule has 0 atom stereocenters. The van der Waals surface area contributed by atoms with Crippen molar-refractivity contribution in [2.24, 2.45) is 5.92 Å². The van der Waals surface area contributed by atoms with Gasteiger partial charge in [-0.05, 0) is 38.8 Å². The van der Waals surface area contributed by atoms with Gasteiger partial charge >= 0.3 is 0 Å². The predicted octanol–water partition coefficient (Wildman–Crippen LogP) is 2.30. The summed E-state index contributed by atoms with van der Waals surface area (Å²) >= 11 is 1.85. The van der Waals surface area contributed by atoms with Crippen LogP contribution < -0.4 is 5.32 Å². The summed E-state index contributed by atoms with van der Waals surface area (Å²) in [5.41, 5.74) is 1.05. The van der Waals surface area contributed by atoms with Gasteiger partial charge in [-0.2, -0.15) is 0 Å². The topological polar surface area (TPSA) is 37.8 Å². The average molecular weight is 260 g/mol. The van der Waals surface area contributed by atoms with Crippen LogP contribution in [0.2, 0.25) is 0 Å². The largest absolute Gasteiger partial charge is 0.317 e. The SMILES string of the molecule is Cc1nccnc1SCC1CCNCC1.Cl. The average Bonchev–Trinajstić information content (AvgIpc) is 2.29. The summed E-state index contributed by atoms with van der Waals surface area (Å²) in [6.45, 7) is 4.37. The Labute approximate surface area is 107 Å². The van der Waals surface area contributed by atoms with Crippen molar-refractivity contribution in [2.45, 2.75) is 24.8 Å². The lowest BCUT2D eigenvalue weighted by Crippen LogP contribution is -2.28. The van der Waals surface area contributed by atoms with Crippen LogP contribution in [-0.4, -0.2) is 28.8 Å². The van der Waals surface area contributed by atoms with Crippen molar-refractivity contribution >= 4 is 24.2 Å². The molecule has 16 heavy (non-hydrogen) atoms. The molecule has 0 aromatic carbocycles. The number of aryl methyl sites for hydroxylation is 1. The second kappa shape index (κ2) is 7.09. The highest BCUT2D eigenvalue weighted by Gasteiger charge is 2.13. The number of hydrogen-bond acceptors (Lipinski definition) is 4. The molecule has 90 valence electrons. The molecular formula is C11H18ClN3S. The molecule has 1 aromatic rings. The number of nitrogens with one attached hydrogen (secondary N) is 1. The van der Waals surface area contributed by atoms with Crippen LogP contribution in [0.5, 0.6) is 0 Å². The van der Waals surface area contributed by atoms with Gasteiger partial charge in [0, 0.05) is 18.1 Å². The normalized spacial score (nSPS) is 16.8. The summed E-state index contributed by atoms with van der Waals surface area (Å²) in [6, 6.07) is 0. The summed E-state index contributed by atoms with van der Waals surface area (Å²) in [4.78, 5) is 8.59. The van der Waals surface area contributed by atoms with E-state index in [0.717, 1.165) is 16.6 Å². The Hall–Kier alpha value is -0.320. The van der Waals surface area contributed by atoms with Crippen LogP contribution in [0.4, 0.5) is 0 Å². The Balaban J connectivity index is 0.00000128. The van der Waals surface area contributed by atoms with Gasteiger partial charge in [-0.25, -0.2) is 4.98 Å². The molecule has 1 aliphatic heterocycles. The molecule has 1 N–H and O–H groups in total. The zero-order valence-corrected chi connectivity index (χ0v) is 11.1. The third-order valence-corrected chi connectivity index (χ3v) is 4.06. The maximum absolute atomic E-state index is 4.35. The molecule has 5 heteroatoms. The molecule has 3 nitrogen and oxygen atoms in total. The van der Waals surface area contributed by atoms with Crippen molar-refractivity contribution in [3.05, 3.63) is 18.1 Å². The Kier molecular flexibility index (Phi) is 6.09. The van der Waals surface area contributed by atoms with Crippen LogP contribution in [0.3, 0.4) is 0 Å². The third kappa shape index (κ3) is 3.92. The molecule has 0 spiro atoms. The maximum Gasteiger partial charge on any atom is 0.117 e. The minimum atomic E-state index is 0. The Morgan fingerprint density at radius 1 is 1.31 bits per heavy atom. The van der Waals surface area contributed by atoms with E-state index in [0.29, 0.717) is 0 Å². The number of rotatable bonds is 3. The highest BCUT2D eigenvalue weighted by Crippen LogP contribution is 2.24. The zero-order chi connectivity index (χ0) is 10.5. The van der Waals surface area contributed by atoms with Crippen LogP contribution in [0.25, 0.3) is 0 Å². The summed E-state index contributed by atoms with van der Waals surface area (Å²) in [7, 11) is 0. The Morgan fingerprint density at radius 2 is 2.00 bits per heavy atom. The molecule has 2 rings (SSSR count). The fourth-order valence-corrected chi connectivity index (χ4v) is 2.91. The first kappa shape index (κ1) is 13.7. The van der Waals surface area contributed by atoms with Gasteiger partial charge in [0.05, 0.1) is 5.69 Å². The molecular weight excluding hydrogens is 242 g/mol. The second-order valence-electron chi connectivity index (χ2n) is 3.95. The van der Waals surface area contributed by atoms with E-state index in [1.54, 1.807) is 12.4 Å². The Morgan fingerprint density at radius 3 is 2.69 bits per heavy atom. The Bertz CT molecular complexity index is 316. The van der Waals surface area contributed by atoms with Crippen molar-refractivity contribution in [3.8, 4) is 0 Å². The smallest absolute Gasteiger partial charge is 0.117 e. The molecule has 0 unspecified atom stereocenters. The maximum atomic E-state index is 4.35. The summed E-state index contributed by atoms with van der Waals surface area (Å²) in [5, 5.41) is 4.48. The van der Waals surface area contributed by atoms with Crippen LogP contribution in [-0.2, 0) is 0 Å². The summed E-state index contributed by atoms with van der Waals surface area (Å²) < 4.78 is 0. The van der Waals surface area contributed by atoms with E-state index in [-0.39, 0.29) is 12.4 Å². The van der Waals surface area contributed by atoms with Crippen LogP contribution in [0.15, 0.2) is 17.4 Å². The fraction of sp³-hybridized carbons (Fsp3) is 0.636. The van der Waals surface area contributed by atoms with Gasteiger partial charge in [-0.15, -0.1) is 24.2 Å². The second-order valence-corrected chi connectivity index (χ2v) is 4.96. The van der Waals surface area contributed by atoms with Gasteiger partial charge in [0.15, 0.2) is 0 Å². The van der Waals surface area contributed by atoms with Crippen molar-refractivity contribution in [3.63, 3.8) is 0 Å². The third-order valence-electron chi connectivity index (χ3n) is 2.75. The quantitative estimate of drug-likeness (QED) is 0.846. The number of piperidine rings is 1. The van der Waals surface area contributed by atoms with E-state index in [4.69, 9.17) is 0 Å². The molecule has 0 bridgehead atoms. The lowest BCUT2D eigenvalue weighted by atomic mass is 10.0. The van der Waals surface area contributed by atoms with Gasteiger partial charge in [-0.3, -0.25) is 4.98 Å². The molecule has 0 amide bonds. The van der Waals surface area contributed by atoms with Gasteiger partial charge in [0.25, 0.3) is 0 Å². The van der Waals surface area contributed by atoms with E-state index in [1.807, 2.05) is 18.7 Å². The minimum absolute atomic E-state index is 0. The predicted molar refractivity (Wildman–Crippen MR) is 70.3 cm³/mol. The van der Waals surface area contributed by atoms with E-state index < -0.39 is 0 Å². The molecule has 1 aromatic heterocycles. The van der Waals surface area contributed by atoms with Crippen LogP contribution in [0, 0.1) is 12.8 Å². The van der Waals surface area contributed by atoms with Crippen LogP contribution in [0.1, 0.15) is 18.5 Å². The zero-order valence-electron chi connectivity index (χ0n) is 9.48. The molecule has 1 aliphatic rings. The molecule has 0 saturated carbocycles. The van der Waals surface area contributed by atoms with Crippen molar-refractivity contribution in [1.82, 2.24) is 15.3 Å². The standard InChI is InChI=1S/C11H17N3S.ClH/c1-9-11(14-7-6-13-9)15-8-10-2-4-12-5-3-10;/h6-7,10,12H,2-5,8H2,1H3;1H. The van der Waals surface area contributed by atoms with E-state index >= 15 is 0 Å². The molecule has 2 heterocycles.